The maximum Gasteiger partial charge on any atom is 0.317 e. The van der Waals surface area contributed by atoms with E-state index in [1.807, 2.05) is 4.90 Å². The number of hydrogen-bond acceptors (Lipinski definition) is 5. The van der Waals surface area contributed by atoms with Crippen LogP contribution in [0.1, 0.15) is 5.56 Å². The Morgan fingerprint density at radius 2 is 2.24 bits per heavy atom. The molecule has 0 aliphatic carbocycles. The number of aliphatic hydroxyl groups is 1. The number of amides is 2. The van der Waals surface area contributed by atoms with Crippen LogP contribution >= 0.6 is 0 Å². The number of carbonyl (C=O) groups is 1. The number of nitro groups is 1. The van der Waals surface area contributed by atoms with E-state index < -0.39 is 4.92 Å². The highest BCUT2D eigenvalue weighted by Gasteiger charge is 2.36. The van der Waals surface area contributed by atoms with E-state index in [4.69, 9.17) is 0 Å². The average molecular weight is 292 g/mol. The molecule has 3 rings (SSSR count). The monoisotopic (exact) mass is 292 g/mol. The van der Waals surface area contributed by atoms with Crippen molar-refractivity contribution >= 4 is 17.4 Å². The van der Waals surface area contributed by atoms with E-state index in [1.165, 1.54) is 6.07 Å². The molecule has 2 N–H and O–H groups in total. The zero-order valence-electron chi connectivity index (χ0n) is 11.4. The number of piperazine rings is 1. The first-order valence-electron chi connectivity index (χ1n) is 6.77. The van der Waals surface area contributed by atoms with Gasteiger partial charge in [-0.1, -0.05) is 0 Å². The van der Waals surface area contributed by atoms with Crippen LogP contribution < -0.4 is 10.2 Å². The molecule has 1 unspecified atom stereocenters. The van der Waals surface area contributed by atoms with Crippen molar-refractivity contribution in [2.24, 2.45) is 0 Å². The summed E-state index contributed by atoms with van der Waals surface area (Å²) in [4.78, 5) is 26.0. The van der Waals surface area contributed by atoms with Crippen molar-refractivity contribution < 1.29 is 14.8 Å². The highest BCUT2D eigenvalue weighted by Crippen LogP contribution is 2.31. The van der Waals surface area contributed by atoms with E-state index in [0.717, 1.165) is 0 Å². The van der Waals surface area contributed by atoms with Gasteiger partial charge in [0, 0.05) is 32.2 Å². The molecule has 2 heterocycles. The lowest BCUT2D eigenvalue weighted by Gasteiger charge is -2.37. The molecule has 8 heteroatoms. The molecular weight excluding hydrogens is 276 g/mol. The minimum absolute atomic E-state index is 0.0259. The van der Waals surface area contributed by atoms with E-state index in [2.05, 4.69) is 5.32 Å². The third kappa shape index (κ3) is 2.38. The van der Waals surface area contributed by atoms with Gasteiger partial charge in [-0.3, -0.25) is 10.1 Å². The molecule has 21 heavy (non-hydrogen) atoms. The van der Waals surface area contributed by atoms with E-state index >= 15 is 0 Å². The van der Waals surface area contributed by atoms with Gasteiger partial charge in [0.25, 0.3) is 5.69 Å². The predicted molar refractivity (Wildman–Crippen MR) is 75.1 cm³/mol. The van der Waals surface area contributed by atoms with Crippen LogP contribution in [-0.2, 0) is 6.61 Å². The zero-order valence-corrected chi connectivity index (χ0v) is 11.4. The second-order valence-electron chi connectivity index (χ2n) is 5.22. The number of rotatable bonds is 3. The number of nitrogens with one attached hydrogen (secondary N) is 1. The Morgan fingerprint density at radius 1 is 1.43 bits per heavy atom. The minimum atomic E-state index is -0.416. The van der Waals surface area contributed by atoms with Crippen LogP contribution in [0.2, 0.25) is 0 Å². The van der Waals surface area contributed by atoms with Crippen molar-refractivity contribution in [1.82, 2.24) is 10.2 Å². The summed E-state index contributed by atoms with van der Waals surface area (Å²) in [5.41, 5.74) is 1.17. The normalized spacial score (nSPS) is 21.2. The smallest absolute Gasteiger partial charge is 0.317 e. The number of aliphatic hydroxyl groups excluding tert-OH is 1. The Labute approximate surface area is 121 Å². The summed E-state index contributed by atoms with van der Waals surface area (Å²) in [5.74, 6) is 0. The molecule has 1 atom stereocenters. The zero-order chi connectivity index (χ0) is 15.0. The van der Waals surface area contributed by atoms with Gasteiger partial charge in [0.15, 0.2) is 0 Å². The predicted octanol–water partition coefficient (Wildman–Crippen LogP) is 0.301. The van der Waals surface area contributed by atoms with Gasteiger partial charge in [-0.05, 0) is 17.7 Å². The molecule has 2 aliphatic rings. The topological polar surface area (TPSA) is 99.0 Å². The van der Waals surface area contributed by atoms with E-state index in [0.29, 0.717) is 37.4 Å². The molecule has 112 valence electrons. The van der Waals surface area contributed by atoms with Crippen LogP contribution in [0.4, 0.5) is 16.2 Å². The minimum Gasteiger partial charge on any atom is -0.392 e. The summed E-state index contributed by atoms with van der Waals surface area (Å²) in [6.07, 6.45) is 0. The highest BCUT2D eigenvalue weighted by molar-refractivity contribution is 5.77. The summed E-state index contributed by atoms with van der Waals surface area (Å²) >= 11 is 0. The van der Waals surface area contributed by atoms with Crippen molar-refractivity contribution in [2.75, 3.05) is 31.1 Å². The Morgan fingerprint density at radius 3 is 2.95 bits per heavy atom. The summed E-state index contributed by atoms with van der Waals surface area (Å²) < 4.78 is 0. The third-order valence-corrected chi connectivity index (χ3v) is 3.99. The van der Waals surface area contributed by atoms with Gasteiger partial charge in [0.2, 0.25) is 0 Å². The Hall–Kier alpha value is -2.35. The van der Waals surface area contributed by atoms with Gasteiger partial charge in [-0.2, -0.15) is 0 Å². The molecule has 0 saturated carbocycles. The van der Waals surface area contributed by atoms with Crippen LogP contribution in [0.15, 0.2) is 18.2 Å². The van der Waals surface area contributed by atoms with E-state index in [-0.39, 0.29) is 24.4 Å². The maximum absolute atomic E-state index is 11.6. The first-order valence-corrected chi connectivity index (χ1v) is 6.77. The second-order valence-corrected chi connectivity index (χ2v) is 5.22. The number of nitrogens with zero attached hydrogens (tertiary/aromatic N) is 3. The van der Waals surface area contributed by atoms with Crippen LogP contribution in [0, 0.1) is 10.1 Å². The average Bonchev–Trinajstić information content (AvgIpc) is 2.87. The molecule has 2 aliphatic heterocycles. The molecule has 0 radical (unpaired) electrons. The molecular formula is C13H16N4O4. The van der Waals surface area contributed by atoms with Crippen molar-refractivity contribution in [3.8, 4) is 0 Å². The fraction of sp³-hybridized carbons (Fsp3) is 0.462. The molecule has 2 amide bonds. The molecule has 1 aromatic rings. The summed E-state index contributed by atoms with van der Waals surface area (Å²) in [6, 6.07) is 4.59. The third-order valence-electron chi connectivity index (χ3n) is 3.99. The van der Waals surface area contributed by atoms with Crippen LogP contribution in [0.25, 0.3) is 0 Å². The number of urea groups is 1. The lowest BCUT2D eigenvalue weighted by atomic mass is 10.1. The summed E-state index contributed by atoms with van der Waals surface area (Å²) in [6.45, 7) is 2.03. The van der Waals surface area contributed by atoms with Crippen molar-refractivity contribution in [3.05, 3.63) is 33.9 Å². The first kappa shape index (κ1) is 13.6. The maximum atomic E-state index is 11.6. The van der Waals surface area contributed by atoms with Gasteiger partial charge in [0.1, 0.15) is 5.69 Å². The number of nitro benzene ring substituents is 1. The standard InChI is InChI=1S/C13H16N4O4/c18-8-9-1-2-11(17(20)21)12(5-9)15-3-4-16-10(7-15)6-14-13(16)19/h1-2,5,10,18H,3-4,6-8H2,(H,14,19). The van der Waals surface area contributed by atoms with Crippen molar-refractivity contribution in [3.63, 3.8) is 0 Å². The van der Waals surface area contributed by atoms with Crippen molar-refractivity contribution in [2.45, 2.75) is 12.6 Å². The molecule has 8 nitrogen and oxygen atoms in total. The Bertz CT molecular complexity index is 592. The van der Waals surface area contributed by atoms with Gasteiger partial charge in [-0.15, -0.1) is 0 Å². The molecule has 0 spiro atoms. The summed E-state index contributed by atoms with van der Waals surface area (Å²) in [5, 5.41) is 23.2. The van der Waals surface area contributed by atoms with Crippen LogP contribution in [0.5, 0.6) is 0 Å². The fourth-order valence-corrected chi connectivity index (χ4v) is 2.90. The number of fused-ring (bicyclic) bond motifs is 1. The number of hydrogen-bond donors (Lipinski definition) is 2. The molecule has 1 aromatic carbocycles. The van der Waals surface area contributed by atoms with E-state index in [1.54, 1.807) is 17.0 Å². The lowest BCUT2D eigenvalue weighted by molar-refractivity contribution is -0.384. The summed E-state index contributed by atoms with van der Waals surface area (Å²) in [7, 11) is 0. The molecule has 2 saturated heterocycles. The highest BCUT2D eigenvalue weighted by atomic mass is 16.6. The first-order chi connectivity index (χ1) is 10.1. The molecule has 2 fully saturated rings. The van der Waals surface area contributed by atoms with Gasteiger partial charge >= 0.3 is 6.03 Å². The number of benzene rings is 1. The lowest BCUT2D eigenvalue weighted by Crippen LogP contribution is -2.52. The number of anilines is 1. The fourth-order valence-electron chi connectivity index (χ4n) is 2.90. The second kappa shape index (κ2) is 5.21. The quantitative estimate of drug-likeness (QED) is 0.616. The Balaban J connectivity index is 1.89. The van der Waals surface area contributed by atoms with E-state index in [9.17, 15) is 20.0 Å². The largest absolute Gasteiger partial charge is 0.392 e. The van der Waals surface area contributed by atoms with Crippen LogP contribution in [0.3, 0.4) is 0 Å². The van der Waals surface area contributed by atoms with Gasteiger partial charge in [0.05, 0.1) is 17.6 Å². The van der Waals surface area contributed by atoms with Gasteiger partial charge in [-0.25, -0.2) is 4.79 Å². The SMILES string of the molecule is O=C1NCC2CN(c3cc(CO)ccc3[N+](=O)[O-])CCN12. The van der Waals surface area contributed by atoms with Crippen molar-refractivity contribution in [1.29, 1.82) is 0 Å². The van der Waals surface area contributed by atoms with Gasteiger partial charge < -0.3 is 20.2 Å². The van der Waals surface area contributed by atoms with Crippen LogP contribution in [-0.4, -0.2) is 53.2 Å². The Kier molecular flexibility index (Phi) is 3.38. The molecule has 0 bridgehead atoms. The molecule has 0 aromatic heterocycles. The number of carbonyl (C=O) groups excluding carboxylic acids is 1.